The monoisotopic (exact) mass is 305 g/mol. The van der Waals surface area contributed by atoms with Gasteiger partial charge in [0.1, 0.15) is 5.58 Å². The Bertz CT molecular complexity index is 731. The molecule has 1 fully saturated rings. The zero-order chi connectivity index (χ0) is 15.7. The summed E-state index contributed by atoms with van der Waals surface area (Å²) in [5.74, 6) is -0.519. The average Bonchev–Trinajstić information content (AvgIpc) is 2.50. The molecule has 0 radical (unpaired) electrons. The lowest BCUT2D eigenvalue weighted by Crippen LogP contribution is -2.36. The van der Waals surface area contributed by atoms with Crippen LogP contribution in [0, 0.1) is 0 Å². The Labute approximate surface area is 127 Å². The summed E-state index contributed by atoms with van der Waals surface area (Å²) in [6.45, 7) is 2.39. The molecule has 2 heterocycles. The largest absolute Gasteiger partial charge is 0.504 e. The van der Waals surface area contributed by atoms with Crippen LogP contribution >= 0.6 is 0 Å². The number of hydrogen-bond donors (Lipinski definition) is 2. The van der Waals surface area contributed by atoms with Crippen molar-refractivity contribution in [1.82, 2.24) is 4.90 Å². The minimum Gasteiger partial charge on any atom is -0.504 e. The third-order valence-electron chi connectivity index (χ3n) is 4.19. The number of methoxy groups -OCH3 is 1. The van der Waals surface area contributed by atoms with E-state index in [0.29, 0.717) is 18.0 Å². The molecule has 6 nitrogen and oxygen atoms in total. The molecule has 0 saturated carbocycles. The Hall–Kier alpha value is -2.05. The molecule has 0 aliphatic carbocycles. The van der Waals surface area contributed by atoms with Crippen LogP contribution in [-0.2, 0) is 11.3 Å². The smallest absolute Gasteiger partial charge is 0.336 e. The van der Waals surface area contributed by atoms with E-state index in [4.69, 9.17) is 9.15 Å². The molecule has 0 atom stereocenters. The van der Waals surface area contributed by atoms with E-state index in [1.165, 1.54) is 18.2 Å². The number of hydrogen-bond acceptors (Lipinski definition) is 6. The van der Waals surface area contributed by atoms with Gasteiger partial charge in [-0.1, -0.05) is 0 Å². The van der Waals surface area contributed by atoms with Crippen LogP contribution in [0.5, 0.6) is 11.5 Å². The van der Waals surface area contributed by atoms with E-state index in [2.05, 4.69) is 4.90 Å². The first-order chi connectivity index (χ1) is 10.6. The van der Waals surface area contributed by atoms with Crippen molar-refractivity contribution < 1.29 is 19.4 Å². The van der Waals surface area contributed by atoms with E-state index in [1.54, 1.807) is 7.11 Å². The van der Waals surface area contributed by atoms with E-state index < -0.39 is 5.63 Å². The van der Waals surface area contributed by atoms with E-state index in [1.807, 2.05) is 0 Å². The molecule has 1 aliphatic heterocycles. The van der Waals surface area contributed by atoms with E-state index >= 15 is 0 Å². The van der Waals surface area contributed by atoms with Crippen LogP contribution in [0.3, 0.4) is 0 Å². The first kappa shape index (κ1) is 14.9. The van der Waals surface area contributed by atoms with Crippen LogP contribution < -0.4 is 5.63 Å². The maximum atomic E-state index is 11.7. The summed E-state index contributed by atoms with van der Waals surface area (Å²) < 4.78 is 10.5. The topological polar surface area (TPSA) is 83.1 Å². The zero-order valence-electron chi connectivity index (χ0n) is 12.4. The van der Waals surface area contributed by atoms with Gasteiger partial charge in [-0.15, -0.1) is 0 Å². The highest BCUT2D eigenvalue weighted by molar-refractivity contribution is 5.83. The van der Waals surface area contributed by atoms with Gasteiger partial charge in [-0.3, -0.25) is 4.90 Å². The zero-order valence-corrected chi connectivity index (χ0v) is 12.4. The van der Waals surface area contributed by atoms with Gasteiger partial charge in [0.15, 0.2) is 11.5 Å². The molecule has 2 N–H and O–H groups in total. The minimum atomic E-state index is -0.459. The Balaban J connectivity index is 1.90. The fourth-order valence-corrected chi connectivity index (χ4v) is 2.93. The maximum absolute atomic E-state index is 11.7. The summed E-state index contributed by atoms with van der Waals surface area (Å²) in [5, 5.41) is 19.9. The lowest BCUT2D eigenvalue weighted by atomic mass is 10.0. The highest BCUT2D eigenvalue weighted by Crippen LogP contribution is 2.31. The molecule has 0 spiro atoms. The fraction of sp³-hybridized carbons (Fsp3) is 0.438. The molecule has 22 heavy (non-hydrogen) atoms. The van der Waals surface area contributed by atoms with Gasteiger partial charge in [-0.05, 0) is 24.5 Å². The van der Waals surface area contributed by atoms with E-state index in [0.717, 1.165) is 31.5 Å². The molecule has 3 rings (SSSR count). The number of aromatic hydroxyl groups is 2. The van der Waals surface area contributed by atoms with E-state index in [9.17, 15) is 15.0 Å². The second-order valence-corrected chi connectivity index (χ2v) is 5.64. The molecular formula is C16H19NO5. The van der Waals surface area contributed by atoms with Crippen molar-refractivity contribution in [3.63, 3.8) is 0 Å². The second-order valence-electron chi connectivity index (χ2n) is 5.64. The molecule has 6 heteroatoms. The quantitative estimate of drug-likeness (QED) is 0.665. The van der Waals surface area contributed by atoms with Gasteiger partial charge in [0.2, 0.25) is 0 Å². The Morgan fingerprint density at radius 2 is 1.91 bits per heavy atom. The van der Waals surface area contributed by atoms with Crippen molar-refractivity contribution in [2.24, 2.45) is 0 Å². The van der Waals surface area contributed by atoms with Crippen LogP contribution in [0.15, 0.2) is 27.4 Å². The van der Waals surface area contributed by atoms with Crippen LogP contribution in [-0.4, -0.2) is 41.4 Å². The number of rotatable bonds is 3. The van der Waals surface area contributed by atoms with Gasteiger partial charge in [-0.2, -0.15) is 0 Å². The summed E-state index contributed by atoms with van der Waals surface area (Å²) in [5.41, 5.74) is 0.612. The number of phenols is 2. The van der Waals surface area contributed by atoms with Crippen molar-refractivity contribution in [2.45, 2.75) is 25.5 Å². The second kappa shape index (κ2) is 5.98. The van der Waals surface area contributed by atoms with Gasteiger partial charge < -0.3 is 19.4 Å². The molecule has 1 aromatic carbocycles. The SMILES string of the molecule is COC1CCN(Cc2cc(=O)oc3cc(O)c(O)cc23)CC1. The molecule has 1 aliphatic rings. The highest BCUT2D eigenvalue weighted by Gasteiger charge is 2.20. The molecule has 1 saturated heterocycles. The summed E-state index contributed by atoms with van der Waals surface area (Å²) >= 11 is 0. The standard InChI is InChI=1S/C16H19NO5/c1-21-11-2-4-17(5-3-11)9-10-6-16(20)22-15-8-14(19)13(18)7-12(10)15/h6-8,11,18-19H,2-5,9H2,1H3. The Morgan fingerprint density at radius 3 is 2.59 bits per heavy atom. The first-order valence-electron chi connectivity index (χ1n) is 7.30. The summed E-state index contributed by atoms with van der Waals surface area (Å²) in [6.07, 6.45) is 2.22. The summed E-state index contributed by atoms with van der Waals surface area (Å²) in [7, 11) is 1.73. The number of likely N-dealkylation sites (tertiary alicyclic amines) is 1. The Kier molecular flexibility index (Phi) is 4.04. The number of benzene rings is 1. The average molecular weight is 305 g/mol. The number of nitrogens with zero attached hydrogens (tertiary/aromatic N) is 1. The van der Waals surface area contributed by atoms with Gasteiger partial charge in [-0.25, -0.2) is 4.79 Å². The highest BCUT2D eigenvalue weighted by atomic mass is 16.5. The first-order valence-corrected chi connectivity index (χ1v) is 7.30. The molecule has 2 aromatic rings. The third-order valence-corrected chi connectivity index (χ3v) is 4.19. The van der Waals surface area contributed by atoms with Gasteiger partial charge in [0.05, 0.1) is 6.10 Å². The summed E-state index contributed by atoms with van der Waals surface area (Å²) in [6, 6.07) is 4.15. The third kappa shape index (κ3) is 2.93. The van der Waals surface area contributed by atoms with Gasteiger partial charge in [0, 0.05) is 44.3 Å². The molecule has 118 valence electrons. The van der Waals surface area contributed by atoms with Crippen LogP contribution in [0.2, 0.25) is 0 Å². The van der Waals surface area contributed by atoms with Crippen molar-refractivity contribution in [3.05, 3.63) is 34.2 Å². The molecule has 0 bridgehead atoms. The number of ether oxygens (including phenoxy) is 1. The van der Waals surface area contributed by atoms with E-state index in [-0.39, 0.29) is 17.1 Å². The van der Waals surface area contributed by atoms with Crippen molar-refractivity contribution in [2.75, 3.05) is 20.2 Å². The summed E-state index contributed by atoms with van der Waals surface area (Å²) in [4.78, 5) is 13.9. The van der Waals surface area contributed by atoms with Crippen LogP contribution in [0.1, 0.15) is 18.4 Å². The number of phenolic OH excluding ortho intramolecular Hbond substituents is 2. The predicted molar refractivity (Wildman–Crippen MR) is 81.1 cm³/mol. The van der Waals surface area contributed by atoms with Crippen molar-refractivity contribution in [1.29, 1.82) is 0 Å². The van der Waals surface area contributed by atoms with Crippen LogP contribution in [0.25, 0.3) is 11.0 Å². The molecule has 1 aromatic heterocycles. The Morgan fingerprint density at radius 1 is 1.23 bits per heavy atom. The van der Waals surface area contributed by atoms with Crippen LogP contribution in [0.4, 0.5) is 0 Å². The minimum absolute atomic E-state index is 0.222. The number of fused-ring (bicyclic) bond motifs is 1. The molecule has 0 amide bonds. The van der Waals surface area contributed by atoms with Gasteiger partial charge in [0.25, 0.3) is 0 Å². The predicted octanol–water partition coefficient (Wildman–Crippen LogP) is 1.81. The lowest BCUT2D eigenvalue weighted by molar-refractivity contribution is 0.0389. The molecule has 0 unspecified atom stereocenters. The fourth-order valence-electron chi connectivity index (χ4n) is 2.93. The maximum Gasteiger partial charge on any atom is 0.336 e. The molecular weight excluding hydrogens is 286 g/mol. The van der Waals surface area contributed by atoms with Crippen molar-refractivity contribution >= 4 is 11.0 Å². The normalized spacial score (nSPS) is 17.1. The van der Waals surface area contributed by atoms with Crippen molar-refractivity contribution in [3.8, 4) is 11.5 Å². The number of piperidine rings is 1. The lowest BCUT2D eigenvalue weighted by Gasteiger charge is -2.31. The van der Waals surface area contributed by atoms with Gasteiger partial charge >= 0.3 is 5.63 Å².